The van der Waals surface area contributed by atoms with Gasteiger partial charge < -0.3 is 14.4 Å². The molecule has 172 valence electrons. The van der Waals surface area contributed by atoms with E-state index >= 15 is 0 Å². The van der Waals surface area contributed by atoms with Crippen LogP contribution in [0.5, 0.6) is 11.5 Å². The molecule has 1 unspecified atom stereocenters. The van der Waals surface area contributed by atoms with Gasteiger partial charge in [0.15, 0.2) is 0 Å². The van der Waals surface area contributed by atoms with Crippen molar-refractivity contribution in [2.24, 2.45) is 0 Å². The molecule has 0 bridgehead atoms. The first-order valence-electron chi connectivity index (χ1n) is 11.0. The van der Waals surface area contributed by atoms with Gasteiger partial charge >= 0.3 is 0 Å². The standard InChI is InChI=1S/C27H24ClN3O3/c1-33-21-11-3-17(4-12-21)15-16-31-26(19-7-13-22(34-2)14-8-19)23-24(29-30-25(23)27(31)32)18-5-9-20(28)10-6-18/h3-14,26H,15-16H2,1-2H3,(H,29,30). The molecular formula is C27H24ClN3O3. The highest BCUT2D eigenvalue weighted by Crippen LogP contribution is 2.43. The predicted molar refractivity (Wildman–Crippen MR) is 132 cm³/mol. The summed E-state index contributed by atoms with van der Waals surface area (Å²) in [6.07, 6.45) is 0.719. The van der Waals surface area contributed by atoms with Gasteiger partial charge in [-0.15, -0.1) is 0 Å². The summed E-state index contributed by atoms with van der Waals surface area (Å²) in [7, 11) is 3.29. The molecular weight excluding hydrogens is 450 g/mol. The van der Waals surface area contributed by atoms with E-state index in [1.807, 2.05) is 77.7 Å². The van der Waals surface area contributed by atoms with E-state index < -0.39 is 0 Å². The Morgan fingerprint density at radius 2 is 1.53 bits per heavy atom. The lowest BCUT2D eigenvalue weighted by Crippen LogP contribution is -2.31. The van der Waals surface area contributed by atoms with E-state index in [2.05, 4.69) is 10.2 Å². The summed E-state index contributed by atoms with van der Waals surface area (Å²) in [6, 6.07) is 23.0. The number of methoxy groups -OCH3 is 2. The smallest absolute Gasteiger partial charge is 0.273 e. The zero-order valence-corrected chi connectivity index (χ0v) is 19.7. The second kappa shape index (κ2) is 9.23. The quantitative estimate of drug-likeness (QED) is 0.383. The fourth-order valence-corrected chi connectivity index (χ4v) is 4.56. The number of nitrogens with zero attached hydrogens (tertiary/aromatic N) is 2. The molecule has 1 aromatic heterocycles. The Labute approximate surface area is 203 Å². The number of ether oxygens (including phenoxy) is 2. The first-order valence-corrected chi connectivity index (χ1v) is 11.4. The van der Waals surface area contributed by atoms with Crippen molar-refractivity contribution in [2.45, 2.75) is 12.5 Å². The Morgan fingerprint density at radius 3 is 2.15 bits per heavy atom. The largest absolute Gasteiger partial charge is 0.497 e. The number of aromatic nitrogens is 2. The van der Waals surface area contributed by atoms with E-state index in [-0.39, 0.29) is 11.9 Å². The number of aromatic amines is 1. The molecule has 34 heavy (non-hydrogen) atoms. The Hall–Kier alpha value is -3.77. The molecule has 0 saturated heterocycles. The number of nitrogens with one attached hydrogen (secondary N) is 1. The summed E-state index contributed by atoms with van der Waals surface area (Å²) in [4.78, 5) is 15.4. The lowest BCUT2D eigenvalue weighted by atomic mass is 9.96. The molecule has 0 fully saturated rings. The van der Waals surface area contributed by atoms with Gasteiger partial charge in [-0.05, 0) is 53.9 Å². The summed E-state index contributed by atoms with van der Waals surface area (Å²) < 4.78 is 10.6. The molecule has 1 N–H and O–H groups in total. The Kier molecular flexibility index (Phi) is 5.99. The number of carbonyl (C=O) groups excluding carboxylic acids is 1. The Morgan fingerprint density at radius 1 is 0.912 bits per heavy atom. The van der Waals surface area contributed by atoms with Crippen molar-refractivity contribution in [1.29, 1.82) is 0 Å². The number of amides is 1. The van der Waals surface area contributed by atoms with Gasteiger partial charge in [0.1, 0.15) is 17.2 Å². The van der Waals surface area contributed by atoms with E-state index in [0.29, 0.717) is 17.3 Å². The third kappa shape index (κ3) is 4.01. The second-order valence-electron chi connectivity index (χ2n) is 8.14. The molecule has 0 saturated carbocycles. The molecule has 1 aliphatic rings. The fourth-order valence-electron chi connectivity index (χ4n) is 4.43. The lowest BCUT2D eigenvalue weighted by molar-refractivity contribution is 0.0746. The molecule has 5 rings (SSSR count). The number of H-pyrrole nitrogens is 1. The number of fused-ring (bicyclic) bond motifs is 1. The zero-order chi connectivity index (χ0) is 23.7. The number of rotatable bonds is 7. The van der Waals surface area contributed by atoms with Crippen LogP contribution in [0.2, 0.25) is 5.02 Å². The van der Waals surface area contributed by atoms with Gasteiger partial charge in [0.2, 0.25) is 0 Å². The first kappa shape index (κ1) is 22.0. The van der Waals surface area contributed by atoms with Crippen LogP contribution in [0.3, 0.4) is 0 Å². The fraction of sp³-hybridized carbons (Fsp3) is 0.185. The van der Waals surface area contributed by atoms with Crippen LogP contribution in [-0.2, 0) is 6.42 Å². The maximum atomic E-state index is 13.5. The number of halogens is 1. The van der Waals surface area contributed by atoms with Gasteiger partial charge in [-0.1, -0.05) is 48.0 Å². The van der Waals surface area contributed by atoms with Gasteiger partial charge in [-0.25, -0.2) is 0 Å². The molecule has 6 nitrogen and oxygen atoms in total. The molecule has 1 atom stereocenters. The van der Waals surface area contributed by atoms with Crippen LogP contribution in [0.15, 0.2) is 72.8 Å². The van der Waals surface area contributed by atoms with Crippen molar-refractivity contribution in [2.75, 3.05) is 20.8 Å². The second-order valence-corrected chi connectivity index (χ2v) is 8.58. The predicted octanol–water partition coefficient (Wildman–Crippen LogP) is 5.54. The molecule has 0 aliphatic carbocycles. The summed E-state index contributed by atoms with van der Waals surface area (Å²) in [6.45, 7) is 0.560. The lowest BCUT2D eigenvalue weighted by Gasteiger charge is -2.26. The molecule has 4 aromatic rings. The van der Waals surface area contributed by atoms with Crippen LogP contribution in [0.25, 0.3) is 11.3 Å². The molecule has 0 radical (unpaired) electrons. The minimum atomic E-state index is -0.268. The Bertz CT molecular complexity index is 1300. The van der Waals surface area contributed by atoms with Crippen LogP contribution in [-0.4, -0.2) is 41.8 Å². The highest BCUT2D eigenvalue weighted by Gasteiger charge is 2.41. The van der Waals surface area contributed by atoms with Gasteiger partial charge in [0.25, 0.3) is 5.91 Å². The molecule has 3 aromatic carbocycles. The van der Waals surface area contributed by atoms with Crippen molar-refractivity contribution in [3.8, 4) is 22.8 Å². The summed E-state index contributed by atoms with van der Waals surface area (Å²) in [5.74, 6) is 1.52. The van der Waals surface area contributed by atoms with Gasteiger partial charge in [-0.3, -0.25) is 9.89 Å². The number of hydrogen-bond donors (Lipinski definition) is 1. The van der Waals surface area contributed by atoms with Gasteiger partial charge in [0, 0.05) is 22.7 Å². The van der Waals surface area contributed by atoms with Gasteiger partial charge in [-0.2, -0.15) is 5.10 Å². The SMILES string of the molecule is COc1ccc(CCN2C(=O)c3[nH]nc(-c4ccc(Cl)cc4)c3C2c2ccc(OC)cc2)cc1. The average molecular weight is 474 g/mol. The van der Waals surface area contributed by atoms with E-state index in [0.717, 1.165) is 45.9 Å². The first-order chi connectivity index (χ1) is 16.6. The molecule has 1 aliphatic heterocycles. The van der Waals surface area contributed by atoms with Crippen LogP contribution >= 0.6 is 11.6 Å². The summed E-state index contributed by atoms with van der Waals surface area (Å²) >= 11 is 6.10. The van der Waals surface area contributed by atoms with E-state index in [9.17, 15) is 4.79 Å². The van der Waals surface area contributed by atoms with Crippen LogP contribution in [0.4, 0.5) is 0 Å². The number of carbonyl (C=O) groups is 1. The van der Waals surface area contributed by atoms with Crippen molar-refractivity contribution in [3.63, 3.8) is 0 Å². The minimum Gasteiger partial charge on any atom is -0.497 e. The van der Waals surface area contributed by atoms with Crippen molar-refractivity contribution in [1.82, 2.24) is 15.1 Å². The molecule has 2 heterocycles. The molecule has 7 heteroatoms. The number of hydrogen-bond acceptors (Lipinski definition) is 4. The maximum absolute atomic E-state index is 13.5. The topological polar surface area (TPSA) is 67.5 Å². The van der Waals surface area contributed by atoms with E-state index in [1.54, 1.807) is 14.2 Å². The van der Waals surface area contributed by atoms with Crippen molar-refractivity contribution >= 4 is 17.5 Å². The van der Waals surface area contributed by atoms with Crippen LogP contribution in [0.1, 0.15) is 33.2 Å². The van der Waals surface area contributed by atoms with Crippen molar-refractivity contribution in [3.05, 3.63) is 100 Å². The van der Waals surface area contributed by atoms with Crippen LogP contribution in [0, 0.1) is 0 Å². The molecule has 1 amide bonds. The highest BCUT2D eigenvalue weighted by molar-refractivity contribution is 6.30. The zero-order valence-electron chi connectivity index (χ0n) is 18.9. The van der Waals surface area contributed by atoms with Gasteiger partial charge in [0.05, 0.1) is 26.0 Å². The third-order valence-electron chi connectivity index (χ3n) is 6.21. The Balaban J connectivity index is 1.53. The average Bonchev–Trinajstić information content (AvgIpc) is 3.42. The van der Waals surface area contributed by atoms with E-state index in [4.69, 9.17) is 21.1 Å². The third-order valence-corrected chi connectivity index (χ3v) is 6.47. The summed E-state index contributed by atoms with van der Waals surface area (Å²) in [5, 5.41) is 8.17. The molecule has 0 spiro atoms. The minimum absolute atomic E-state index is 0.0583. The normalized spacial score (nSPS) is 14.9. The van der Waals surface area contributed by atoms with Crippen LogP contribution < -0.4 is 9.47 Å². The monoisotopic (exact) mass is 473 g/mol. The highest BCUT2D eigenvalue weighted by atomic mass is 35.5. The maximum Gasteiger partial charge on any atom is 0.273 e. The van der Waals surface area contributed by atoms with E-state index in [1.165, 1.54) is 0 Å². The van der Waals surface area contributed by atoms with Crippen molar-refractivity contribution < 1.29 is 14.3 Å². The number of benzene rings is 3. The summed E-state index contributed by atoms with van der Waals surface area (Å²) in [5.41, 5.74) is 5.21.